The summed E-state index contributed by atoms with van der Waals surface area (Å²) in [5.41, 5.74) is 1.48. The summed E-state index contributed by atoms with van der Waals surface area (Å²) in [6.07, 6.45) is 1.11. The third-order valence-electron chi connectivity index (χ3n) is 4.03. The van der Waals surface area contributed by atoms with Gasteiger partial charge in [-0.25, -0.2) is 4.98 Å². The van der Waals surface area contributed by atoms with Crippen LogP contribution >= 0.6 is 0 Å². The molecule has 0 saturated heterocycles. The third-order valence-corrected chi connectivity index (χ3v) is 4.03. The molecule has 128 valence electrons. The second-order valence-corrected chi connectivity index (χ2v) is 5.93. The van der Waals surface area contributed by atoms with Gasteiger partial charge in [0.15, 0.2) is 0 Å². The standard InChI is InChI=1S/C20H20N2O3/c1-14(15-8-3-2-4-9-15)25-19(23)13-7-12-18-21-17-11-6-5-10-16(17)20(24)22-18/h2-6,8-11,14H,7,12-13H2,1H3,(H,21,22,24). The van der Waals surface area contributed by atoms with E-state index in [4.69, 9.17) is 4.74 Å². The first-order valence-corrected chi connectivity index (χ1v) is 8.36. The fourth-order valence-corrected chi connectivity index (χ4v) is 2.70. The lowest BCUT2D eigenvalue weighted by Crippen LogP contribution is -2.13. The van der Waals surface area contributed by atoms with Crippen LogP contribution < -0.4 is 5.56 Å². The molecule has 1 unspecified atom stereocenters. The molecule has 3 aromatic rings. The molecule has 1 heterocycles. The number of nitrogens with zero attached hydrogens (tertiary/aromatic N) is 1. The van der Waals surface area contributed by atoms with E-state index in [1.807, 2.05) is 55.5 Å². The van der Waals surface area contributed by atoms with Crippen molar-refractivity contribution < 1.29 is 9.53 Å². The maximum atomic E-state index is 12.0. The average Bonchev–Trinajstić information content (AvgIpc) is 2.62. The Morgan fingerprint density at radius 1 is 1.12 bits per heavy atom. The number of carbonyl (C=O) groups excluding carboxylic acids is 1. The van der Waals surface area contributed by atoms with Crippen LogP contribution in [-0.4, -0.2) is 15.9 Å². The van der Waals surface area contributed by atoms with Crippen molar-refractivity contribution in [2.24, 2.45) is 0 Å². The SMILES string of the molecule is CC(OC(=O)CCCc1nc2ccccc2c(=O)[nH]1)c1ccccc1. The third kappa shape index (κ3) is 4.32. The van der Waals surface area contributed by atoms with Crippen LogP contribution in [0.2, 0.25) is 0 Å². The predicted octanol–water partition coefficient (Wildman–Crippen LogP) is 3.55. The Labute approximate surface area is 145 Å². The van der Waals surface area contributed by atoms with E-state index in [1.165, 1.54) is 0 Å². The zero-order valence-electron chi connectivity index (χ0n) is 14.1. The van der Waals surface area contributed by atoms with Gasteiger partial charge in [0.1, 0.15) is 11.9 Å². The highest BCUT2D eigenvalue weighted by Crippen LogP contribution is 2.17. The van der Waals surface area contributed by atoms with E-state index in [0.29, 0.717) is 29.6 Å². The Kier molecular flexibility index (Phi) is 5.23. The number of benzene rings is 2. The van der Waals surface area contributed by atoms with Gasteiger partial charge in [-0.2, -0.15) is 0 Å². The molecule has 5 nitrogen and oxygen atoms in total. The molecule has 1 N–H and O–H groups in total. The lowest BCUT2D eigenvalue weighted by atomic mass is 10.1. The fourth-order valence-electron chi connectivity index (χ4n) is 2.70. The number of esters is 1. The molecule has 1 aromatic heterocycles. The molecular formula is C20H20N2O3. The number of carbonyl (C=O) groups is 1. The molecule has 0 radical (unpaired) electrons. The molecule has 1 atom stereocenters. The second kappa shape index (κ2) is 7.75. The predicted molar refractivity (Wildman–Crippen MR) is 96.3 cm³/mol. The van der Waals surface area contributed by atoms with Crippen molar-refractivity contribution in [2.75, 3.05) is 0 Å². The molecule has 0 bridgehead atoms. The molecule has 0 fully saturated rings. The summed E-state index contributed by atoms with van der Waals surface area (Å²) in [7, 11) is 0. The van der Waals surface area contributed by atoms with Crippen molar-refractivity contribution in [1.29, 1.82) is 0 Å². The van der Waals surface area contributed by atoms with E-state index >= 15 is 0 Å². The topological polar surface area (TPSA) is 72.0 Å². The lowest BCUT2D eigenvalue weighted by molar-refractivity contribution is -0.148. The Morgan fingerprint density at radius 2 is 1.84 bits per heavy atom. The highest BCUT2D eigenvalue weighted by atomic mass is 16.5. The largest absolute Gasteiger partial charge is 0.458 e. The normalized spacial score (nSPS) is 12.0. The molecule has 0 amide bonds. The molecule has 25 heavy (non-hydrogen) atoms. The van der Waals surface area contributed by atoms with E-state index in [0.717, 1.165) is 5.56 Å². The first kappa shape index (κ1) is 16.9. The van der Waals surface area contributed by atoms with Crippen molar-refractivity contribution in [3.8, 4) is 0 Å². The summed E-state index contributed by atoms with van der Waals surface area (Å²) in [5, 5.41) is 0.572. The van der Waals surface area contributed by atoms with Crippen LogP contribution in [0.15, 0.2) is 59.4 Å². The molecule has 0 aliphatic rings. The van der Waals surface area contributed by atoms with Crippen LogP contribution in [0.5, 0.6) is 0 Å². The van der Waals surface area contributed by atoms with Crippen LogP contribution in [-0.2, 0) is 16.0 Å². The zero-order chi connectivity index (χ0) is 17.6. The van der Waals surface area contributed by atoms with Crippen LogP contribution in [0.3, 0.4) is 0 Å². The zero-order valence-corrected chi connectivity index (χ0v) is 14.1. The Bertz CT molecular complexity index is 919. The van der Waals surface area contributed by atoms with Crippen molar-refractivity contribution in [2.45, 2.75) is 32.3 Å². The summed E-state index contributed by atoms with van der Waals surface area (Å²) < 4.78 is 5.44. The van der Waals surface area contributed by atoms with Crippen LogP contribution in [0, 0.1) is 0 Å². The summed E-state index contributed by atoms with van der Waals surface area (Å²) >= 11 is 0. The summed E-state index contributed by atoms with van der Waals surface area (Å²) in [6, 6.07) is 16.8. The van der Waals surface area contributed by atoms with Crippen molar-refractivity contribution in [3.63, 3.8) is 0 Å². The van der Waals surface area contributed by atoms with Crippen LogP contribution in [0.4, 0.5) is 0 Å². The van der Waals surface area contributed by atoms with Gasteiger partial charge in [-0.1, -0.05) is 42.5 Å². The maximum Gasteiger partial charge on any atom is 0.306 e. The van der Waals surface area contributed by atoms with Gasteiger partial charge in [-0.3, -0.25) is 9.59 Å². The number of ether oxygens (including phenoxy) is 1. The minimum atomic E-state index is -0.271. The number of nitrogens with one attached hydrogen (secondary N) is 1. The second-order valence-electron chi connectivity index (χ2n) is 5.93. The molecule has 5 heteroatoms. The average molecular weight is 336 g/mol. The number of rotatable bonds is 6. The first-order valence-electron chi connectivity index (χ1n) is 8.36. The quantitative estimate of drug-likeness (QED) is 0.699. The molecule has 0 aliphatic heterocycles. The number of aromatic amines is 1. The maximum absolute atomic E-state index is 12.0. The van der Waals surface area contributed by atoms with E-state index in [1.54, 1.807) is 6.07 Å². The van der Waals surface area contributed by atoms with E-state index < -0.39 is 0 Å². The molecule has 0 spiro atoms. The van der Waals surface area contributed by atoms with Gasteiger partial charge in [-0.05, 0) is 31.0 Å². The Balaban J connectivity index is 1.54. The van der Waals surface area contributed by atoms with Crippen molar-refractivity contribution in [1.82, 2.24) is 9.97 Å². The van der Waals surface area contributed by atoms with Gasteiger partial charge in [0, 0.05) is 12.8 Å². The highest BCUT2D eigenvalue weighted by Gasteiger charge is 2.11. The monoisotopic (exact) mass is 336 g/mol. The number of hydrogen-bond acceptors (Lipinski definition) is 4. The highest BCUT2D eigenvalue weighted by molar-refractivity contribution is 5.77. The number of hydrogen-bond donors (Lipinski definition) is 1. The van der Waals surface area contributed by atoms with E-state index in [2.05, 4.69) is 9.97 Å². The Morgan fingerprint density at radius 3 is 2.64 bits per heavy atom. The Hall–Kier alpha value is -2.95. The van der Waals surface area contributed by atoms with Gasteiger partial charge in [-0.15, -0.1) is 0 Å². The van der Waals surface area contributed by atoms with Crippen molar-refractivity contribution >= 4 is 16.9 Å². The number of fused-ring (bicyclic) bond motifs is 1. The molecule has 2 aromatic carbocycles. The number of para-hydroxylation sites is 1. The summed E-state index contributed by atoms with van der Waals surface area (Å²) in [5.74, 6) is 0.340. The molecule has 0 saturated carbocycles. The minimum absolute atomic E-state index is 0.152. The van der Waals surface area contributed by atoms with E-state index in [-0.39, 0.29) is 24.1 Å². The molecule has 0 aliphatic carbocycles. The van der Waals surface area contributed by atoms with Gasteiger partial charge in [0.25, 0.3) is 5.56 Å². The molecule has 3 rings (SSSR count). The first-order chi connectivity index (χ1) is 12.1. The fraction of sp³-hybridized carbons (Fsp3) is 0.250. The van der Waals surface area contributed by atoms with Crippen LogP contribution in [0.1, 0.15) is 37.3 Å². The van der Waals surface area contributed by atoms with Gasteiger partial charge < -0.3 is 9.72 Å². The molecular weight excluding hydrogens is 316 g/mol. The lowest BCUT2D eigenvalue weighted by Gasteiger charge is -2.13. The smallest absolute Gasteiger partial charge is 0.306 e. The minimum Gasteiger partial charge on any atom is -0.458 e. The summed E-state index contributed by atoms with van der Waals surface area (Å²) in [6.45, 7) is 1.86. The van der Waals surface area contributed by atoms with Crippen molar-refractivity contribution in [3.05, 3.63) is 76.3 Å². The van der Waals surface area contributed by atoms with Gasteiger partial charge in [0.05, 0.1) is 10.9 Å². The summed E-state index contributed by atoms with van der Waals surface area (Å²) in [4.78, 5) is 31.2. The van der Waals surface area contributed by atoms with E-state index in [9.17, 15) is 9.59 Å². The van der Waals surface area contributed by atoms with Gasteiger partial charge in [0.2, 0.25) is 0 Å². The number of H-pyrrole nitrogens is 1. The van der Waals surface area contributed by atoms with Gasteiger partial charge >= 0.3 is 5.97 Å². The number of aromatic nitrogens is 2. The van der Waals surface area contributed by atoms with Crippen LogP contribution in [0.25, 0.3) is 10.9 Å². The number of aryl methyl sites for hydroxylation is 1.